The van der Waals surface area contributed by atoms with E-state index in [0.29, 0.717) is 55.9 Å². The molecular formula is C23H23N5O3. The third kappa shape index (κ3) is 3.23. The molecule has 0 bridgehead atoms. The van der Waals surface area contributed by atoms with Crippen LogP contribution >= 0.6 is 0 Å². The molecule has 1 saturated carbocycles. The highest BCUT2D eigenvalue weighted by Crippen LogP contribution is 2.39. The first kappa shape index (κ1) is 18.7. The number of fused-ring (bicyclic) bond motifs is 3. The highest BCUT2D eigenvalue weighted by atomic mass is 16.5. The molecule has 0 radical (unpaired) electrons. The number of ether oxygens (including phenoxy) is 2. The topological polar surface area (TPSA) is 103 Å². The molecular weight excluding hydrogens is 394 g/mol. The molecule has 0 spiro atoms. The molecule has 3 aliphatic rings. The van der Waals surface area contributed by atoms with Gasteiger partial charge in [0.05, 0.1) is 44.2 Å². The lowest BCUT2D eigenvalue weighted by Crippen LogP contribution is -2.43. The predicted molar refractivity (Wildman–Crippen MR) is 113 cm³/mol. The van der Waals surface area contributed by atoms with Gasteiger partial charge in [-0.25, -0.2) is 9.97 Å². The number of anilines is 1. The lowest BCUT2D eigenvalue weighted by atomic mass is 10.0. The van der Waals surface area contributed by atoms with Crippen molar-refractivity contribution in [1.82, 2.24) is 19.9 Å². The molecule has 1 amide bonds. The first-order valence-corrected chi connectivity index (χ1v) is 10.7. The lowest BCUT2D eigenvalue weighted by Gasteiger charge is -2.35. The third-order valence-electron chi connectivity index (χ3n) is 6.41. The second-order valence-electron chi connectivity index (χ2n) is 8.41. The number of hydrogen-bond donors (Lipinski definition) is 1. The van der Waals surface area contributed by atoms with Crippen molar-refractivity contribution in [2.24, 2.45) is 0 Å². The zero-order valence-electron chi connectivity index (χ0n) is 17.1. The van der Waals surface area contributed by atoms with Gasteiger partial charge in [-0.15, -0.1) is 0 Å². The second-order valence-corrected chi connectivity index (χ2v) is 8.41. The van der Waals surface area contributed by atoms with Gasteiger partial charge in [-0.3, -0.25) is 9.78 Å². The van der Waals surface area contributed by atoms with Gasteiger partial charge in [-0.05, 0) is 36.1 Å². The Morgan fingerprint density at radius 1 is 1.10 bits per heavy atom. The quantitative estimate of drug-likeness (QED) is 0.699. The molecule has 6 rings (SSSR count). The number of morpholine rings is 1. The first-order chi connectivity index (χ1) is 15.2. The Labute approximate surface area is 179 Å². The summed E-state index contributed by atoms with van der Waals surface area (Å²) in [6.45, 7) is 2.38. The Morgan fingerprint density at radius 3 is 2.77 bits per heavy atom. The van der Waals surface area contributed by atoms with E-state index < -0.39 is 0 Å². The van der Waals surface area contributed by atoms with Crippen LogP contribution in [0.15, 0.2) is 30.6 Å². The summed E-state index contributed by atoms with van der Waals surface area (Å²) >= 11 is 0. The first-order valence-electron chi connectivity index (χ1n) is 10.7. The fourth-order valence-electron chi connectivity index (χ4n) is 4.50. The van der Waals surface area contributed by atoms with E-state index in [1.807, 2.05) is 17.2 Å². The van der Waals surface area contributed by atoms with Gasteiger partial charge in [0.2, 0.25) is 0 Å². The number of rotatable bonds is 3. The van der Waals surface area contributed by atoms with Crippen LogP contribution in [0.5, 0.6) is 0 Å². The summed E-state index contributed by atoms with van der Waals surface area (Å²) < 4.78 is 11.3. The van der Waals surface area contributed by atoms with Crippen LogP contribution in [0.3, 0.4) is 0 Å². The van der Waals surface area contributed by atoms with Gasteiger partial charge in [-0.2, -0.15) is 0 Å². The maximum atomic E-state index is 13.5. The normalized spacial score (nSPS) is 20.8. The average molecular weight is 417 g/mol. The molecule has 2 N–H and O–H groups in total. The van der Waals surface area contributed by atoms with Crippen LogP contribution in [0.1, 0.15) is 57.7 Å². The molecule has 1 unspecified atom stereocenters. The number of carbonyl (C=O) groups excluding carboxylic acids is 1. The Balaban J connectivity index is 1.34. The van der Waals surface area contributed by atoms with Crippen molar-refractivity contribution >= 4 is 22.6 Å². The Kier molecular flexibility index (Phi) is 4.36. The molecule has 2 aliphatic heterocycles. The summed E-state index contributed by atoms with van der Waals surface area (Å²) in [5, 5.41) is 0.875. The van der Waals surface area contributed by atoms with Crippen molar-refractivity contribution < 1.29 is 14.3 Å². The minimum absolute atomic E-state index is 0.119. The minimum Gasteiger partial charge on any atom is -0.383 e. The van der Waals surface area contributed by atoms with Gasteiger partial charge < -0.3 is 20.1 Å². The fourth-order valence-corrected chi connectivity index (χ4v) is 4.50. The van der Waals surface area contributed by atoms with E-state index in [4.69, 9.17) is 15.2 Å². The van der Waals surface area contributed by atoms with Crippen molar-refractivity contribution in [2.75, 3.05) is 25.5 Å². The summed E-state index contributed by atoms with van der Waals surface area (Å²) in [7, 11) is 0. The number of aromatic nitrogens is 3. The van der Waals surface area contributed by atoms with E-state index in [0.717, 1.165) is 27.8 Å². The molecule has 5 heterocycles. The molecule has 8 nitrogen and oxygen atoms in total. The Hall–Kier alpha value is -3.10. The summed E-state index contributed by atoms with van der Waals surface area (Å²) in [6.07, 6.45) is 5.94. The van der Waals surface area contributed by atoms with Crippen molar-refractivity contribution in [3.8, 4) is 0 Å². The van der Waals surface area contributed by atoms with Crippen LogP contribution in [0.2, 0.25) is 0 Å². The highest BCUT2D eigenvalue weighted by Gasteiger charge is 2.32. The summed E-state index contributed by atoms with van der Waals surface area (Å²) in [5.74, 6) is 0.951. The average Bonchev–Trinajstić information content (AvgIpc) is 3.54. The summed E-state index contributed by atoms with van der Waals surface area (Å²) in [5.41, 5.74) is 11.2. The van der Waals surface area contributed by atoms with Crippen LogP contribution in [0.25, 0.3) is 10.9 Å². The number of amides is 1. The molecule has 3 aromatic rings. The number of nitrogen functional groups attached to an aromatic ring is 1. The van der Waals surface area contributed by atoms with E-state index in [2.05, 4.69) is 27.1 Å². The Morgan fingerprint density at radius 2 is 1.97 bits per heavy atom. The number of nitrogens with zero attached hydrogens (tertiary/aromatic N) is 4. The number of nitrogens with two attached hydrogens (primary N) is 1. The fraction of sp³-hybridized carbons (Fsp3) is 0.391. The maximum Gasteiger partial charge on any atom is 0.273 e. The van der Waals surface area contributed by atoms with Crippen LogP contribution in [0, 0.1) is 0 Å². The zero-order valence-corrected chi connectivity index (χ0v) is 17.1. The van der Waals surface area contributed by atoms with E-state index in [1.54, 1.807) is 6.20 Å². The van der Waals surface area contributed by atoms with E-state index in [9.17, 15) is 4.79 Å². The largest absolute Gasteiger partial charge is 0.383 e. The standard InChI is InChI=1S/C23H23N5O3/c24-22-17-11-31-10-16(17)15-7-19(26-9-20(15)27-22)23(29)28-5-6-30-12-21(28)14-3-4-18(25-8-14)13-1-2-13/h3-4,7-9,13,21H,1-2,5-6,10-12H2,(H2,24,27). The van der Waals surface area contributed by atoms with Crippen molar-refractivity contribution in [2.45, 2.75) is 38.0 Å². The van der Waals surface area contributed by atoms with Gasteiger partial charge in [0.1, 0.15) is 11.5 Å². The Bertz CT molecular complexity index is 1180. The third-order valence-corrected chi connectivity index (χ3v) is 6.41. The van der Waals surface area contributed by atoms with E-state index in [-0.39, 0.29) is 11.9 Å². The molecule has 158 valence electrons. The van der Waals surface area contributed by atoms with Gasteiger partial charge in [0.15, 0.2) is 0 Å². The molecule has 2 fully saturated rings. The van der Waals surface area contributed by atoms with Crippen LogP contribution < -0.4 is 5.73 Å². The monoisotopic (exact) mass is 417 g/mol. The second kappa shape index (κ2) is 7.25. The SMILES string of the molecule is Nc1nc2cnc(C(=O)N3CCOCC3c3ccc(C4CC4)nc3)cc2c2c1COC2. The molecule has 1 atom stereocenters. The van der Waals surface area contributed by atoms with Crippen molar-refractivity contribution in [1.29, 1.82) is 0 Å². The van der Waals surface area contributed by atoms with Crippen molar-refractivity contribution in [3.63, 3.8) is 0 Å². The van der Waals surface area contributed by atoms with Gasteiger partial charge >= 0.3 is 0 Å². The van der Waals surface area contributed by atoms with Gasteiger partial charge in [0, 0.05) is 35.3 Å². The molecule has 0 aromatic carbocycles. The maximum absolute atomic E-state index is 13.5. The molecule has 1 aliphatic carbocycles. The van der Waals surface area contributed by atoms with Crippen LogP contribution in [-0.4, -0.2) is 45.5 Å². The molecule has 31 heavy (non-hydrogen) atoms. The number of carbonyl (C=O) groups is 1. The summed E-state index contributed by atoms with van der Waals surface area (Å²) in [4.78, 5) is 28.8. The van der Waals surface area contributed by atoms with Gasteiger partial charge in [-0.1, -0.05) is 6.07 Å². The highest BCUT2D eigenvalue weighted by molar-refractivity contribution is 5.97. The van der Waals surface area contributed by atoms with Gasteiger partial charge in [0.25, 0.3) is 5.91 Å². The lowest BCUT2D eigenvalue weighted by molar-refractivity contribution is -0.00309. The number of hydrogen-bond acceptors (Lipinski definition) is 7. The molecule has 8 heteroatoms. The van der Waals surface area contributed by atoms with Crippen LogP contribution in [-0.2, 0) is 22.7 Å². The molecule has 1 saturated heterocycles. The molecule has 3 aromatic heterocycles. The van der Waals surface area contributed by atoms with Crippen molar-refractivity contribution in [3.05, 3.63) is 58.7 Å². The van der Waals surface area contributed by atoms with E-state index in [1.165, 1.54) is 12.8 Å². The van der Waals surface area contributed by atoms with E-state index >= 15 is 0 Å². The minimum atomic E-state index is -0.182. The van der Waals surface area contributed by atoms with Crippen LogP contribution in [0.4, 0.5) is 5.82 Å². The smallest absolute Gasteiger partial charge is 0.273 e. The zero-order chi connectivity index (χ0) is 20.9. The predicted octanol–water partition coefficient (Wildman–Crippen LogP) is 2.73. The summed E-state index contributed by atoms with van der Waals surface area (Å²) in [6, 6.07) is 5.79. The number of pyridine rings is 3.